The van der Waals surface area contributed by atoms with Crippen molar-refractivity contribution in [2.45, 2.75) is 0 Å². The minimum absolute atomic E-state index is 0.131. The summed E-state index contributed by atoms with van der Waals surface area (Å²) in [5, 5.41) is 3.25. The number of rotatable bonds is 4. The van der Waals surface area contributed by atoms with E-state index in [1.807, 2.05) is 0 Å². The molecular formula is C12H10Cl3NO4. The minimum atomic E-state index is -0.752. The molecule has 0 aliphatic rings. The molecule has 0 atom stereocenters. The van der Waals surface area contributed by atoms with Crippen LogP contribution >= 0.6 is 34.8 Å². The van der Waals surface area contributed by atoms with Gasteiger partial charge in [0.15, 0.2) is 0 Å². The van der Waals surface area contributed by atoms with E-state index in [1.54, 1.807) is 0 Å². The SMILES string of the molecule is COC(=O)/C=C(/Nc1cc(Cl)c(Cl)c(Cl)c1)C(=O)OC. The van der Waals surface area contributed by atoms with Gasteiger partial charge in [-0.1, -0.05) is 34.8 Å². The van der Waals surface area contributed by atoms with Crippen molar-refractivity contribution in [1.82, 2.24) is 0 Å². The fourth-order valence-electron chi connectivity index (χ4n) is 1.22. The minimum Gasteiger partial charge on any atom is -0.466 e. The van der Waals surface area contributed by atoms with Gasteiger partial charge in [-0.3, -0.25) is 0 Å². The molecule has 108 valence electrons. The molecule has 0 spiro atoms. The first-order valence-electron chi connectivity index (χ1n) is 5.18. The molecular weight excluding hydrogens is 328 g/mol. The van der Waals surface area contributed by atoms with Gasteiger partial charge in [0.2, 0.25) is 0 Å². The zero-order chi connectivity index (χ0) is 15.3. The summed E-state index contributed by atoms with van der Waals surface area (Å²) in [5.41, 5.74) is 0.235. The van der Waals surface area contributed by atoms with E-state index in [2.05, 4.69) is 14.8 Å². The van der Waals surface area contributed by atoms with E-state index in [9.17, 15) is 9.59 Å². The van der Waals surface area contributed by atoms with Crippen molar-refractivity contribution < 1.29 is 19.1 Å². The lowest BCUT2D eigenvalue weighted by molar-refractivity contribution is -0.138. The van der Waals surface area contributed by atoms with Crippen LogP contribution in [0.15, 0.2) is 23.9 Å². The van der Waals surface area contributed by atoms with Gasteiger partial charge in [-0.25, -0.2) is 9.59 Å². The van der Waals surface area contributed by atoms with Crippen molar-refractivity contribution in [2.24, 2.45) is 0 Å². The third kappa shape index (κ3) is 4.30. The van der Waals surface area contributed by atoms with Gasteiger partial charge in [0.25, 0.3) is 0 Å². The highest BCUT2D eigenvalue weighted by molar-refractivity contribution is 6.48. The molecule has 0 amide bonds. The fraction of sp³-hybridized carbons (Fsp3) is 0.167. The summed E-state index contributed by atoms with van der Waals surface area (Å²) in [4.78, 5) is 22.8. The number of carbonyl (C=O) groups is 2. The van der Waals surface area contributed by atoms with Crippen LogP contribution in [0.2, 0.25) is 15.1 Å². The second-order valence-electron chi connectivity index (χ2n) is 3.45. The van der Waals surface area contributed by atoms with E-state index in [4.69, 9.17) is 34.8 Å². The van der Waals surface area contributed by atoms with Crippen molar-refractivity contribution in [3.8, 4) is 0 Å². The quantitative estimate of drug-likeness (QED) is 0.518. The van der Waals surface area contributed by atoms with Crippen LogP contribution in [-0.4, -0.2) is 26.2 Å². The van der Waals surface area contributed by atoms with Crippen LogP contribution in [0.25, 0.3) is 0 Å². The summed E-state index contributed by atoms with van der Waals surface area (Å²) in [6.07, 6.45) is 0.947. The summed E-state index contributed by atoms with van der Waals surface area (Å²) in [6.45, 7) is 0. The number of hydrogen-bond donors (Lipinski definition) is 1. The Labute approximate surface area is 130 Å². The van der Waals surface area contributed by atoms with Crippen molar-refractivity contribution in [3.63, 3.8) is 0 Å². The summed E-state index contributed by atoms with van der Waals surface area (Å²) in [5.74, 6) is -1.47. The molecule has 1 aromatic carbocycles. The second-order valence-corrected chi connectivity index (χ2v) is 4.64. The Morgan fingerprint density at radius 3 is 2.10 bits per heavy atom. The fourth-order valence-corrected chi connectivity index (χ4v) is 1.81. The Bertz CT molecular complexity index is 549. The lowest BCUT2D eigenvalue weighted by Gasteiger charge is -2.10. The van der Waals surface area contributed by atoms with E-state index in [1.165, 1.54) is 26.4 Å². The molecule has 0 saturated carbocycles. The number of esters is 2. The van der Waals surface area contributed by atoms with Crippen molar-refractivity contribution in [3.05, 3.63) is 39.0 Å². The molecule has 0 bridgehead atoms. The van der Waals surface area contributed by atoms with Gasteiger partial charge >= 0.3 is 11.9 Å². The van der Waals surface area contributed by atoms with Crippen molar-refractivity contribution in [2.75, 3.05) is 19.5 Å². The molecule has 5 nitrogen and oxygen atoms in total. The van der Waals surface area contributed by atoms with E-state index in [0.29, 0.717) is 5.69 Å². The smallest absolute Gasteiger partial charge is 0.354 e. The maximum absolute atomic E-state index is 11.6. The van der Waals surface area contributed by atoms with Gasteiger partial charge in [-0.05, 0) is 12.1 Å². The lowest BCUT2D eigenvalue weighted by Crippen LogP contribution is -2.15. The largest absolute Gasteiger partial charge is 0.466 e. The summed E-state index contributed by atoms with van der Waals surface area (Å²) >= 11 is 17.5. The number of carbonyl (C=O) groups excluding carboxylic acids is 2. The molecule has 8 heteroatoms. The van der Waals surface area contributed by atoms with E-state index >= 15 is 0 Å². The van der Waals surface area contributed by atoms with Crippen LogP contribution in [0.3, 0.4) is 0 Å². The summed E-state index contributed by atoms with van der Waals surface area (Å²) < 4.78 is 8.99. The van der Waals surface area contributed by atoms with Crippen molar-refractivity contribution >= 4 is 52.4 Å². The normalized spacial score (nSPS) is 10.9. The molecule has 0 aromatic heterocycles. The molecule has 0 heterocycles. The molecule has 1 N–H and O–H groups in total. The van der Waals surface area contributed by atoms with Crippen LogP contribution in [0.4, 0.5) is 5.69 Å². The Balaban J connectivity index is 3.10. The maximum atomic E-state index is 11.6. The number of benzene rings is 1. The summed E-state index contributed by atoms with van der Waals surface area (Å²) in [6, 6.07) is 2.90. The lowest BCUT2D eigenvalue weighted by atomic mass is 10.3. The first kappa shape index (κ1) is 16.6. The molecule has 0 aliphatic heterocycles. The maximum Gasteiger partial charge on any atom is 0.354 e. The van der Waals surface area contributed by atoms with Crippen molar-refractivity contribution in [1.29, 1.82) is 0 Å². The van der Waals surface area contributed by atoms with Crippen LogP contribution in [0.1, 0.15) is 0 Å². The van der Waals surface area contributed by atoms with Gasteiger partial charge in [-0.2, -0.15) is 0 Å². The first-order chi connectivity index (χ1) is 9.38. The zero-order valence-corrected chi connectivity index (χ0v) is 12.8. The average Bonchev–Trinajstić information content (AvgIpc) is 2.42. The van der Waals surface area contributed by atoms with Gasteiger partial charge in [0, 0.05) is 5.69 Å². The van der Waals surface area contributed by atoms with E-state index in [-0.39, 0.29) is 20.8 Å². The molecule has 0 radical (unpaired) electrons. The Kier molecular flexibility index (Phi) is 6.13. The monoisotopic (exact) mass is 337 g/mol. The highest BCUT2D eigenvalue weighted by Gasteiger charge is 2.14. The van der Waals surface area contributed by atoms with Crippen LogP contribution in [0, 0.1) is 0 Å². The number of halogens is 3. The third-order valence-corrected chi connectivity index (χ3v) is 3.33. The van der Waals surface area contributed by atoms with Gasteiger partial charge in [0.05, 0.1) is 35.4 Å². The van der Waals surface area contributed by atoms with Gasteiger partial charge < -0.3 is 14.8 Å². The highest BCUT2D eigenvalue weighted by Crippen LogP contribution is 2.33. The Hall–Kier alpha value is -1.43. The third-order valence-electron chi connectivity index (χ3n) is 2.13. The standard InChI is InChI=1S/C12H10Cl3NO4/c1-19-10(17)5-9(12(18)20-2)16-6-3-7(13)11(15)8(14)4-6/h3-5,16H,1-2H3/b9-5+. The second kappa shape index (κ2) is 7.38. The molecule has 1 rings (SSSR count). The first-order valence-corrected chi connectivity index (χ1v) is 6.32. The number of ether oxygens (including phenoxy) is 2. The summed E-state index contributed by atoms with van der Waals surface area (Å²) in [7, 11) is 2.36. The van der Waals surface area contributed by atoms with Crippen LogP contribution in [0.5, 0.6) is 0 Å². The predicted molar refractivity (Wildman–Crippen MR) is 77.2 cm³/mol. The number of anilines is 1. The topological polar surface area (TPSA) is 64.6 Å². The van der Waals surface area contributed by atoms with E-state index in [0.717, 1.165) is 6.08 Å². The zero-order valence-electron chi connectivity index (χ0n) is 10.5. The molecule has 0 saturated heterocycles. The highest BCUT2D eigenvalue weighted by atomic mass is 35.5. The molecule has 20 heavy (non-hydrogen) atoms. The van der Waals surface area contributed by atoms with Gasteiger partial charge in [0.1, 0.15) is 5.70 Å². The molecule has 0 unspecified atom stereocenters. The molecule has 0 fully saturated rings. The average molecular weight is 339 g/mol. The molecule has 1 aromatic rings. The number of nitrogens with one attached hydrogen (secondary N) is 1. The van der Waals surface area contributed by atoms with Crippen LogP contribution in [-0.2, 0) is 19.1 Å². The predicted octanol–water partition coefficient (Wildman–Crippen LogP) is 3.29. The van der Waals surface area contributed by atoms with Gasteiger partial charge in [-0.15, -0.1) is 0 Å². The van der Waals surface area contributed by atoms with E-state index < -0.39 is 11.9 Å². The number of methoxy groups -OCH3 is 2. The Morgan fingerprint density at radius 1 is 1.10 bits per heavy atom. The Morgan fingerprint density at radius 2 is 1.65 bits per heavy atom. The number of hydrogen-bond acceptors (Lipinski definition) is 5. The van der Waals surface area contributed by atoms with Crippen LogP contribution < -0.4 is 5.32 Å². The molecule has 0 aliphatic carbocycles.